The Kier molecular flexibility index (Phi) is 4.64. The number of nitrogens with zero attached hydrogens (tertiary/aromatic N) is 1. The van der Waals surface area contributed by atoms with E-state index in [4.69, 9.17) is 27.6 Å². The molecular weight excluding hydrogens is 271 g/mol. The van der Waals surface area contributed by atoms with Crippen LogP contribution in [0.15, 0.2) is 28.8 Å². The lowest BCUT2D eigenvalue weighted by Gasteiger charge is -2.01. The van der Waals surface area contributed by atoms with Crippen molar-refractivity contribution < 1.29 is 4.42 Å². The van der Waals surface area contributed by atoms with Crippen molar-refractivity contribution in [1.82, 2.24) is 10.3 Å². The quantitative estimate of drug-likeness (QED) is 0.839. The maximum Gasteiger partial charge on any atom is 0.208 e. The fourth-order valence-electron chi connectivity index (χ4n) is 1.57. The highest BCUT2D eigenvalue weighted by molar-refractivity contribution is 6.35. The summed E-state index contributed by atoms with van der Waals surface area (Å²) in [4.78, 5) is 4.20. The van der Waals surface area contributed by atoms with Crippen LogP contribution in [-0.4, -0.2) is 11.5 Å². The lowest BCUT2D eigenvalue weighted by molar-refractivity contribution is 0.478. The number of hydrogen-bond acceptors (Lipinski definition) is 3. The number of oxazole rings is 1. The topological polar surface area (TPSA) is 38.1 Å². The fourth-order valence-corrected chi connectivity index (χ4v) is 1.96. The van der Waals surface area contributed by atoms with Crippen LogP contribution in [-0.2, 0) is 6.54 Å². The molecule has 0 atom stereocenters. The van der Waals surface area contributed by atoms with E-state index < -0.39 is 0 Å². The molecule has 3 nitrogen and oxygen atoms in total. The van der Waals surface area contributed by atoms with Crippen molar-refractivity contribution in [3.63, 3.8) is 0 Å². The van der Waals surface area contributed by atoms with E-state index in [9.17, 15) is 0 Å². The third-order valence-electron chi connectivity index (χ3n) is 2.45. The normalized spacial score (nSPS) is 10.8. The summed E-state index contributed by atoms with van der Waals surface area (Å²) in [6.45, 7) is 3.67. The molecule has 0 radical (unpaired) electrons. The van der Waals surface area contributed by atoms with Gasteiger partial charge in [-0.1, -0.05) is 30.1 Å². The van der Waals surface area contributed by atoms with Crippen molar-refractivity contribution in [2.45, 2.75) is 19.9 Å². The first-order chi connectivity index (χ1) is 8.70. The zero-order valence-electron chi connectivity index (χ0n) is 10.0. The van der Waals surface area contributed by atoms with E-state index in [1.54, 1.807) is 24.4 Å². The average molecular weight is 285 g/mol. The number of rotatable bonds is 5. The van der Waals surface area contributed by atoms with Gasteiger partial charge in [-0.2, -0.15) is 0 Å². The van der Waals surface area contributed by atoms with E-state index in [1.807, 2.05) is 0 Å². The first-order valence-corrected chi connectivity index (χ1v) is 6.57. The lowest BCUT2D eigenvalue weighted by Crippen LogP contribution is -2.13. The summed E-state index contributed by atoms with van der Waals surface area (Å²) in [5.41, 5.74) is 0.762. The molecule has 0 spiro atoms. The highest BCUT2D eigenvalue weighted by Gasteiger charge is 2.10. The van der Waals surface area contributed by atoms with Crippen molar-refractivity contribution in [1.29, 1.82) is 0 Å². The minimum atomic E-state index is 0.601. The fraction of sp³-hybridized carbons (Fsp3) is 0.308. The third kappa shape index (κ3) is 3.25. The zero-order valence-corrected chi connectivity index (χ0v) is 11.6. The summed E-state index contributed by atoms with van der Waals surface area (Å²) in [6.07, 6.45) is 2.74. The summed E-state index contributed by atoms with van der Waals surface area (Å²) in [5.74, 6) is 1.28. The van der Waals surface area contributed by atoms with Crippen LogP contribution in [0.4, 0.5) is 0 Å². The largest absolute Gasteiger partial charge is 0.439 e. The van der Waals surface area contributed by atoms with Gasteiger partial charge in [0.2, 0.25) is 5.89 Å². The molecule has 1 heterocycles. The molecule has 1 N–H and O–H groups in total. The third-order valence-corrected chi connectivity index (χ3v) is 3.02. The first kappa shape index (κ1) is 13.4. The Labute approximate surface area is 116 Å². The molecule has 96 valence electrons. The number of aromatic nitrogens is 1. The molecule has 0 saturated heterocycles. The Morgan fingerprint density at radius 2 is 2.17 bits per heavy atom. The van der Waals surface area contributed by atoms with Crippen LogP contribution in [0.1, 0.15) is 19.2 Å². The number of hydrogen-bond donors (Lipinski definition) is 1. The first-order valence-electron chi connectivity index (χ1n) is 5.81. The van der Waals surface area contributed by atoms with E-state index in [2.05, 4.69) is 17.2 Å². The van der Waals surface area contributed by atoms with E-state index in [0.717, 1.165) is 18.5 Å². The molecule has 0 aliphatic carbocycles. The Balaban J connectivity index is 2.16. The van der Waals surface area contributed by atoms with Gasteiger partial charge < -0.3 is 9.73 Å². The van der Waals surface area contributed by atoms with E-state index >= 15 is 0 Å². The molecule has 0 saturated carbocycles. The predicted molar refractivity (Wildman–Crippen MR) is 74.0 cm³/mol. The van der Waals surface area contributed by atoms with Gasteiger partial charge in [-0.15, -0.1) is 0 Å². The molecular formula is C13H14Cl2N2O. The van der Waals surface area contributed by atoms with Gasteiger partial charge in [0.15, 0.2) is 5.76 Å². The molecule has 0 aliphatic heterocycles. The van der Waals surface area contributed by atoms with Crippen molar-refractivity contribution in [3.05, 3.63) is 40.3 Å². The Morgan fingerprint density at radius 3 is 2.94 bits per heavy atom. The summed E-state index contributed by atoms with van der Waals surface area (Å²) < 4.78 is 5.64. The maximum atomic E-state index is 6.10. The smallest absolute Gasteiger partial charge is 0.208 e. The van der Waals surface area contributed by atoms with E-state index in [-0.39, 0.29) is 0 Å². The van der Waals surface area contributed by atoms with Gasteiger partial charge >= 0.3 is 0 Å². The SMILES string of the molecule is CCCNCc1ncc(-c2cc(Cl)ccc2Cl)o1. The molecule has 0 aliphatic rings. The standard InChI is InChI=1S/C13H14Cl2N2O/c1-2-5-16-8-13-17-7-12(18-13)10-6-9(14)3-4-11(10)15/h3-4,6-7,16H,2,5,8H2,1H3. The Bertz CT molecular complexity index is 525. The van der Waals surface area contributed by atoms with Crippen LogP contribution >= 0.6 is 23.2 Å². The number of nitrogens with one attached hydrogen (secondary N) is 1. The van der Waals surface area contributed by atoms with Crippen LogP contribution in [0, 0.1) is 0 Å². The minimum Gasteiger partial charge on any atom is -0.439 e. The van der Waals surface area contributed by atoms with Crippen molar-refractivity contribution in [2.75, 3.05) is 6.54 Å². The van der Waals surface area contributed by atoms with Gasteiger partial charge in [0.05, 0.1) is 17.8 Å². The number of benzene rings is 1. The van der Waals surface area contributed by atoms with Gasteiger partial charge in [0.25, 0.3) is 0 Å². The van der Waals surface area contributed by atoms with Crippen LogP contribution in [0.25, 0.3) is 11.3 Å². The van der Waals surface area contributed by atoms with Crippen LogP contribution in [0.3, 0.4) is 0 Å². The van der Waals surface area contributed by atoms with Crippen LogP contribution < -0.4 is 5.32 Å². The summed E-state index contributed by atoms with van der Waals surface area (Å²) >= 11 is 12.0. The predicted octanol–water partition coefficient (Wildman–Crippen LogP) is 4.15. The summed E-state index contributed by atoms with van der Waals surface area (Å²) in [7, 11) is 0. The second kappa shape index (κ2) is 6.23. The van der Waals surface area contributed by atoms with Gasteiger partial charge in [-0.3, -0.25) is 0 Å². The maximum absolute atomic E-state index is 6.10. The summed E-state index contributed by atoms with van der Waals surface area (Å²) in [5, 5.41) is 4.45. The molecule has 0 bridgehead atoms. The van der Waals surface area contributed by atoms with Gasteiger partial charge in [-0.05, 0) is 31.2 Å². The van der Waals surface area contributed by atoms with Gasteiger partial charge in [-0.25, -0.2) is 4.98 Å². The van der Waals surface area contributed by atoms with Gasteiger partial charge in [0, 0.05) is 10.6 Å². The van der Waals surface area contributed by atoms with Crippen molar-refractivity contribution in [2.24, 2.45) is 0 Å². The average Bonchev–Trinajstić information content (AvgIpc) is 2.81. The molecule has 0 unspecified atom stereocenters. The molecule has 18 heavy (non-hydrogen) atoms. The molecule has 1 aromatic heterocycles. The second-order valence-corrected chi connectivity index (χ2v) is 4.76. The van der Waals surface area contributed by atoms with Crippen LogP contribution in [0.2, 0.25) is 10.0 Å². The molecule has 0 fully saturated rings. The van der Waals surface area contributed by atoms with E-state index in [1.165, 1.54) is 0 Å². The van der Waals surface area contributed by atoms with Crippen molar-refractivity contribution >= 4 is 23.2 Å². The van der Waals surface area contributed by atoms with Gasteiger partial charge in [0.1, 0.15) is 0 Å². The monoisotopic (exact) mass is 284 g/mol. The lowest BCUT2D eigenvalue weighted by atomic mass is 10.2. The minimum absolute atomic E-state index is 0.601. The zero-order chi connectivity index (χ0) is 13.0. The van der Waals surface area contributed by atoms with Crippen molar-refractivity contribution in [3.8, 4) is 11.3 Å². The van der Waals surface area contributed by atoms with E-state index in [0.29, 0.717) is 28.2 Å². The Morgan fingerprint density at radius 1 is 1.33 bits per heavy atom. The molecule has 2 aromatic rings. The molecule has 2 rings (SSSR count). The molecule has 1 aromatic carbocycles. The Hall–Kier alpha value is -1.03. The highest BCUT2D eigenvalue weighted by atomic mass is 35.5. The molecule has 0 amide bonds. The highest BCUT2D eigenvalue weighted by Crippen LogP contribution is 2.30. The second-order valence-electron chi connectivity index (χ2n) is 3.92. The van der Waals surface area contributed by atoms with Crippen LogP contribution in [0.5, 0.6) is 0 Å². The summed E-state index contributed by atoms with van der Waals surface area (Å²) in [6, 6.07) is 5.26. The molecule has 5 heteroatoms. The number of halogens is 2.